The van der Waals surface area contributed by atoms with Crippen LogP contribution in [0.15, 0.2) is 0 Å². The maximum Gasteiger partial charge on any atom is 4.00 e. The van der Waals surface area contributed by atoms with E-state index in [4.69, 9.17) is 14.6 Å². The van der Waals surface area contributed by atoms with E-state index in [2.05, 4.69) is 34.6 Å². The van der Waals surface area contributed by atoms with E-state index in [0.29, 0.717) is 5.75 Å². The Hall–Kier alpha value is -0.892. The molecule has 8 nitrogen and oxygen atoms in total. The molecule has 1 aromatic carbocycles. The number of hydrogen-bond acceptors (Lipinski definition) is 8. The van der Waals surface area contributed by atoms with Crippen LogP contribution in [-0.4, -0.2) is 24.1 Å². The zero-order valence-electron chi connectivity index (χ0n) is 30.1. The molecule has 0 saturated heterocycles. The van der Waals surface area contributed by atoms with Gasteiger partial charge in [-0.05, 0) is 94.2 Å². The second-order valence-corrected chi connectivity index (χ2v) is 13.1. The van der Waals surface area contributed by atoms with Gasteiger partial charge in [0.25, 0.3) is 0 Å². The number of hydrogen-bond donors (Lipinski definition) is 2. The van der Waals surface area contributed by atoms with Gasteiger partial charge in [0, 0.05) is 11.5 Å². The zero-order valence-corrected chi connectivity index (χ0v) is 33.9. The van der Waals surface area contributed by atoms with Crippen LogP contribution in [0.4, 0.5) is 0 Å². The molecule has 0 aliphatic carbocycles. The van der Waals surface area contributed by atoms with Gasteiger partial charge in [0.15, 0.2) is 0 Å². The summed E-state index contributed by atoms with van der Waals surface area (Å²) in [5.74, 6) is 2.09. The molecule has 0 radical (unpaired) electrons. The Morgan fingerprint density at radius 1 is 0.848 bits per heavy atom. The van der Waals surface area contributed by atoms with E-state index in [1.54, 1.807) is 6.92 Å². The van der Waals surface area contributed by atoms with Crippen LogP contribution >= 0.6 is 0 Å². The molecule has 274 valence electrons. The third kappa shape index (κ3) is 19.8. The van der Waals surface area contributed by atoms with Gasteiger partial charge < -0.3 is 61.6 Å². The number of aliphatic carboxylic acids is 1. The molecule has 1 heterocycles. The third-order valence-electron chi connectivity index (χ3n) is 8.59. The van der Waals surface area contributed by atoms with Crippen LogP contribution in [-0.2, 0) is 37.1 Å². The van der Waals surface area contributed by atoms with Crippen molar-refractivity contribution in [2.45, 2.75) is 151 Å². The number of benzene rings is 1. The molecule has 11 heteroatoms. The van der Waals surface area contributed by atoms with Crippen molar-refractivity contribution in [2.75, 3.05) is 6.61 Å². The molecule has 1 aromatic rings. The normalized spacial score (nSPS) is 15.7. The van der Waals surface area contributed by atoms with Crippen molar-refractivity contribution >= 4 is 11.9 Å². The minimum Gasteiger partial charge on any atom is -1.00 e. The molecule has 6 N–H and O–H groups in total. The molecular formula is C35H64Cl2N2O6Pt. The Morgan fingerprint density at radius 3 is 1.80 bits per heavy atom. The molecule has 3 atom stereocenters. The van der Waals surface area contributed by atoms with E-state index >= 15 is 0 Å². The molecule has 0 amide bonds. The van der Waals surface area contributed by atoms with Crippen molar-refractivity contribution in [3.05, 3.63) is 22.3 Å². The minimum absolute atomic E-state index is 0. The molecule has 1 aliphatic heterocycles. The Morgan fingerprint density at radius 2 is 1.33 bits per heavy atom. The maximum atomic E-state index is 12.2. The molecule has 0 fully saturated rings. The number of fused-ring (bicyclic) bond motifs is 1. The van der Waals surface area contributed by atoms with Crippen LogP contribution in [0.1, 0.15) is 141 Å². The van der Waals surface area contributed by atoms with Crippen LogP contribution in [0.2, 0.25) is 0 Å². The van der Waals surface area contributed by atoms with Gasteiger partial charge in [-0.25, -0.2) is 0 Å². The number of halogens is 2. The molecule has 1 aliphatic rings. The fraction of sp³-hybridized carbons (Fsp3) is 0.771. The molecule has 46 heavy (non-hydrogen) atoms. The predicted molar refractivity (Wildman–Crippen MR) is 173 cm³/mol. The molecule has 3 unspecified atom stereocenters. The molecular weight excluding hydrogens is 810 g/mol. The van der Waals surface area contributed by atoms with Crippen LogP contribution in [0.3, 0.4) is 0 Å². The van der Waals surface area contributed by atoms with Crippen molar-refractivity contribution in [3.8, 4) is 11.5 Å². The largest absolute Gasteiger partial charge is 4.00 e. The standard InChI is InChI=1S/C33H54O5.C2H5O.2ClH.2H3N.Pt/c1-22(2)12-9-13-23(3)14-10-15-24(4)16-11-20-33(8)21-19-28-27(7)31(25(5)26(6)32(28)38-33)37-30(36)18-17-29(34)35;1-2-3;;;;;/h22-24H,9-21H2,1-8H3,(H,34,35);2H2,1H3;2*1H;2*1H3;/q;-1;;;;;+4/p-3. The number of carboxylic acids is 1. The number of carbonyl (C=O) groups is 2. The number of carbonyl (C=O) groups excluding carboxylic acids is 2. The van der Waals surface area contributed by atoms with Crippen LogP contribution in [0, 0.1) is 38.5 Å². The summed E-state index contributed by atoms with van der Waals surface area (Å²) in [7, 11) is 0. The number of esters is 1. The summed E-state index contributed by atoms with van der Waals surface area (Å²) in [5.41, 5.74) is 3.70. The fourth-order valence-electron chi connectivity index (χ4n) is 5.78. The third-order valence-corrected chi connectivity index (χ3v) is 8.59. The van der Waals surface area contributed by atoms with Crippen LogP contribution < -0.4 is 56.8 Å². The van der Waals surface area contributed by atoms with Gasteiger partial charge in [-0.1, -0.05) is 79.6 Å². The number of carboxylic acid groups (broad SMARTS) is 1. The van der Waals surface area contributed by atoms with E-state index < -0.39 is 11.9 Å². The monoisotopic (exact) mass is 873 g/mol. The summed E-state index contributed by atoms with van der Waals surface area (Å²) < 4.78 is 12.3. The summed E-state index contributed by atoms with van der Waals surface area (Å²) in [5, 5.41) is 19.6. The Balaban J connectivity index is -0.000000673. The quantitative estimate of drug-likeness (QED) is 0.185. The van der Waals surface area contributed by atoms with E-state index in [-0.39, 0.29) is 83.2 Å². The summed E-state index contributed by atoms with van der Waals surface area (Å²) in [6.45, 7) is 19.2. The van der Waals surface area contributed by atoms with E-state index in [0.717, 1.165) is 65.0 Å². The Bertz CT molecular complexity index is 983. The first-order valence-corrected chi connectivity index (χ1v) is 16.0. The number of ether oxygens (including phenoxy) is 2. The summed E-state index contributed by atoms with van der Waals surface area (Å²) in [6, 6.07) is 0. The van der Waals surface area contributed by atoms with E-state index in [9.17, 15) is 14.7 Å². The average Bonchev–Trinajstić information content (AvgIpc) is 2.88. The molecule has 0 bridgehead atoms. The topological polar surface area (TPSA) is 169 Å². The van der Waals surface area contributed by atoms with Gasteiger partial charge in [0.05, 0.1) is 6.42 Å². The van der Waals surface area contributed by atoms with Crippen molar-refractivity contribution in [1.29, 1.82) is 0 Å². The molecule has 2 rings (SSSR count). The Kier molecular flexibility index (Phi) is 33.2. The molecule has 0 spiro atoms. The minimum atomic E-state index is -1.25. The maximum absolute atomic E-state index is 12.2. The molecule has 0 aromatic heterocycles. The second kappa shape index (κ2) is 28.0. The van der Waals surface area contributed by atoms with Crippen molar-refractivity contribution in [2.24, 2.45) is 17.8 Å². The smallest absolute Gasteiger partial charge is 1.00 e. The second-order valence-electron chi connectivity index (χ2n) is 13.1. The van der Waals surface area contributed by atoms with Crippen LogP contribution in [0.25, 0.3) is 0 Å². The van der Waals surface area contributed by atoms with Gasteiger partial charge in [-0.3, -0.25) is 4.79 Å². The van der Waals surface area contributed by atoms with Gasteiger partial charge in [-0.2, -0.15) is 0 Å². The first kappa shape index (κ1) is 54.6. The van der Waals surface area contributed by atoms with Crippen molar-refractivity contribution < 1.29 is 75.2 Å². The van der Waals surface area contributed by atoms with Crippen LogP contribution in [0.5, 0.6) is 11.5 Å². The summed E-state index contributed by atoms with van der Waals surface area (Å²) >= 11 is 0. The van der Waals surface area contributed by atoms with Gasteiger partial charge in [-0.15, -0.1) is 6.61 Å². The first-order chi connectivity index (χ1) is 19.2. The zero-order chi connectivity index (χ0) is 31.2. The van der Waals surface area contributed by atoms with E-state index in [1.165, 1.54) is 51.4 Å². The average molecular weight is 875 g/mol. The predicted octanol–water partition coefficient (Wildman–Crippen LogP) is 1.27. The molecule has 0 saturated carbocycles. The summed E-state index contributed by atoms with van der Waals surface area (Å²) in [4.78, 5) is 22.9. The van der Waals surface area contributed by atoms with E-state index in [1.807, 2.05) is 20.8 Å². The SMILES string of the molecule is CC[O-].Cc1c(C)c2c(c(C)c1OC(=O)CCC(=O)[O-])CCC(C)(CCCC(C)CCCC(C)CCCC(C)C)O2.N.N.[Cl-].[Cl-].[Pt+4]. The van der Waals surface area contributed by atoms with Crippen molar-refractivity contribution in [3.63, 3.8) is 0 Å². The summed E-state index contributed by atoms with van der Waals surface area (Å²) in [6.07, 6.45) is 12.8. The van der Waals surface area contributed by atoms with Gasteiger partial charge in [0.1, 0.15) is 17.1 Å². The van der Waals surface area contributed by atoms with Crippen molar-refractivity contribution in [1.82, 2.24) is 12.3 Å². The van der Waals surface area contributed by atoms with Gasteiger partial charge in [0.2, 0.25) is 0 Å². The van der Waals surface area contributed by atoms with Gasteiger partial charge >= 0.3 is 27.0 Å². The number of rotatable bonds is 16. The first-order valence-electron chi connectivity index (χ1n) is 16.0. The Labute approximate surface area is 307 Å². The fourth-order valence-corrected chi connectivity index (χ4v) is 5.78.